The first-order chi connectivity index (χ1) is 14.9. The van der Waals surface area contributed by atoms with E-state index in [0.29, 0.717) is 13.0 Å². The molecule has 0 bridgehead atoms. The molecular weight excluding hydrogens is 386 g/mol. The van der Waals surface area contributed by atoms with Crippen molar-refractivity contribution in [3.63, 3.8) is 0 Å². The first kappa shape index (κ1) is 23.0. The molecule has 2 amide bonds. The number of carbonyl (C=O) groups excluding carboxylic acids is 2. The molecule has 31 heavy (non-hydrogen) atoms. The largest absolute Gasteiger partial charge is 0.353 e. The van der Waals surface area contributed by atoms with Crippen LogP contribution < -0.4 is 10.6 Å². The van der Waals surface area contributed by atoms with Gasteiger partial charge < -0.3 is 10.6 Å². The molecule has 5 heteroatoms. The summed E-state index contributed by atoms with van der Waals surface area (Å²) in [6, 6.07) is 16.6. The van der Waals surface area contributed by atoms with Crippen molar-refractivity contribution in [1.29, 1.82) is 0 Å². The molecule has 0 aromatic heterocycles. The van der Waals surface area contributed by atoms with Gasteiger partial charge in [-0.3, -0.25) is 14.5 Å². The summed E-state index contributed by atoms with van der Waals surface area (Å²) in [6.07, 6.45) is 3.06. The zero-order chi connectivity index (χ0) is 22.2. The van der Waals surface area contributed by atoms with Crippen LogP contribution in [0.2, 0.25) is 0 Å². The Morgan fingerprint density at radius 3 is 2.39 bits per heavy atom. The molecule has 2 N–H and O–H groups in total. The molecule has 0 saturated carbocycles. The number of aryl methyl sites for hydroxylation is 3. The van der Waals surface area contributed by atoms with E-state index in [1.807, 2.05) is 25.1 Å². The van der Waals surface area contributed by atoms with Crippen LogP contribution in [0.15, 0.2) is 48.5 Å². The molecule has 0 radical (unpaired) electrons. The number of carbonyl (C=O) groups is 2. The van der Waals surface area contributed by atoms with Crippen LogP contribution in [0.3, 0.4) is 0 Å². The quantitative estimate of drug-likeness (QED) is 0.683. The van der Waals surface area contributed by atoms with E-state index in [1.54, 1.807) is 0 Å². The Morgan fingerprint density at radius 1 is 1.00 bits per heavy atom. The molecule has 1 fully saturated rings. The molecule has 2 aromatic rings. The van der Waals surface area contributed by atoms with Crippen LogP contribution in [0.1, 0.15) is 54.5 Å². The summed E-state index contributed by atoms with van der Waals surface area (Å²) in [7, 11) is 0. The van der Waals surface area contributed by atoms with E-state index in [1.165, 1.54) is 16.7 Å². The summed E-state index contributed by atoms with van der Waals surface area (Å²) in [4.78, 5) is 26.9. The lowest BCUT2D eigenvalue weighted by Crippen LogP contribution is -2.47. The highest BCUT2D eigenvalue weighted by Gasteiger charge is 2.22. The maximum atomic E-state index is 12.5. The van der Waals surface area contributed by atoms with Gasteiger partial charge in [0.25, 0.3) is 0 Å². The van der Waals surface area contributed by atoms with Crippen LogP contribution in [0.4, 0.5) is 0 Å². The minimum Gasteiger partial charge on any atom is -0.353 e. The van der Waals surface area contributed by atoms with Crippen LogP contribution in [0.5, 0.6) is 0 Å². The number of piperidine rings is 1. The van der Waals surface area contributed by atoms with Crippen LogP contribution in [-0.4, -0.2) is 42.4 Å². The fourth-order valence-electron chi connectivity index (χ4n) is 4.05. The average Bonchev–Trinajstić information content (AvgIpc) is 2.76. The molecule has 1 atom stereocenters. The van der Waals surface area contributed by atoms with Gasteiger partial charge in [0, 0.05) is 25.6 Å². The van der Waals surface area contributed by atoms with E-state index in [2.05, 4.69) is 59.7 Å². The summed E-state index contributed by atoms with van der Waals surface area (Å²) in [6.45, 7) is 8.28. The number of benzene rings is 2. The van der Waals surface area contributed by atoms with Gasteiger partial charge in [0.2, 0.25) is 11.8 Å². The number of nitrogens with one attached hydrogen (secondary N) is 2. The molecule has 0 aliphatic carbocycles. The smallest absolute Gasteiger partial charge is 0.234 e. The highest BCUT2D eigenvalue weighted by molar-refractivity contribution is 5.78. The van der Waals surface area contributed by atoms with Crippen molar-refractivity contribution in [2.75, 3.05) is 19.6 Å². The van der Waals surface area contributed by atoms with Crippen LogP contribution in [0.25, 0.3) is 0 Å². The first-order valence-electron chi connectivity index (χ1n) is 11.3. The summed E-state index contributed by atoms with van der Waals surface area (Å²) < 4.78 is 0. The summed E-state index contributed by atoms with van der Waals surface area (Å²) in [5, 5.41) is 6.28. The lowest BCUT2D eigenvalue weighted by molar-refractivity contribution is -0.124. The third-order valence-electron chi connectivity index (χ3n) is 6.21. The van der Waals surface area contributed by atoms with Crippen molar-refractivity contribution in [3.05, 3.63) is 70.8 Å². The maximum Gasteiger partial charge on any atom is 0.234 e. The van der Waals surface area contributed by atoms with Gasteiger partial charge in [0.1, 0.15) is 0 Å². The molecule has 1 unspecified atom stereocenters. The SMILES string of the molecule is Cc1ccc(C(C)NC(=O)CN2CCC(NC(=O)CCc3ccccc3)CC2)cc1C. The molecule has 1 aliphatic heterocycles. The molecule has 1 saturated heterocycles. The van der Waals surface area contributed by atoms with Crippen molar-refractivity contribution in [2.45, 2.75) is 58.5 Å². The lowest BCUT2D eigenvalue weighted by Gasteiger charge is -2.32. The Balaban J connectivity index is 1.35. The minimum atomic E-state index is -0.00626. The standard InChI is InChI=1S/C26H35N3O2/c1-19-9-11-23(17-20(19)2)21(3)27-26(31)18-29-15-13-24(14-16-29)28-25(30)12-10-22-7-5-4-6-8-22/h4-9,11,17,21,24H,10,12-16,18H2,1-3H3,(H,27,31)(H,28,30). The van der Waals surface area contributed by atoms with Crippen LogP contribution in [-0.2, 0) is 16.0 Å². The normalized spacial score (nSPS) is 16.0. The van der Waals surface area contributed by atoms with Crippen molar-refractivity contribution in [1.82, 2.24) is 15.5 Å². The Kier molecular flexibility index (Phi) is 8.24. The molecule has 1 aliphatic rings. The average molecular weight is 422 g/mol. The van der Waals surface area contributed by atoms with Gasteiger partial charge in [0.15, 0.2) is 0 Å². The van der Waals surface area contributed by atoms with Crippen molar-refractivity contribution < 1.29 is 9.59 Å². The summed E-state index contributed by atoms with van der Waals surface area (Å²) in [5.41, 5.74) is 4.82. The predicted octanol–water partition coefficient (Wildman–Crippen LogP) is 3.69. The lowest BCUT2D eigenvalue weighted by atomic mass is 10.0. The number of amides is 2. The second-order valence-corrected chi connectivity index (χ2v) is 8.74. The van der Waals surface area contributed by atoms with Gasteiger partial charge in [-0.15, -0.1) is 0 Å². The molecule has 166 valence electrons. The number of hydrogen-bond acceptors (Lipinski definition) is 3. The van der Waals surface area contributed by atoms with Crippen molar-refractivity contribution in [3.8, 4) is 0 Å². The predicted molar refractivity (Wildman–Crippen MR) is 125 cm³/mol. The van der Waals surface area contributed by atoms with Crippen LogP contribution >= 0.6 is 0 Å². The Morgan fingerprint density at radius 2 is 1.71 bits per heavy atom. The Labute approximate surface area is 186 Å². The zero-order valence-corrected chi connectivity index (χ0v) is 19.0. The van der Waals surface area contributed by atoms with E-state index in [-0.39, 0.29) is 23.9 Å². The van der Waals surface area contributed by atoms with Crippen molar-refractivity contribution in [2.24, 2.45) is 0 Å². The van der Waals surface area contributed by atoms with Gasteiger partial charge in [-0.1, -0.05) is 48.5 Å². The number of rotatable bonds is 8. The maximum absolute atomic E-state index is 12.5. The van der Waals surface area contributed by atoms with Gasteiger partial charge in [-0.05, 0) is 62.3 Å². The van der Waals surface area contributed by atoms with E-state index < -0.39 is 0 Å². The van der Waals surface area contributed by atoms with Gasteiger partial charge >= 0.3 is 0 Å². The first-order valence-corrected chi connectivity index (χ1v) is 11.3. The Bertz CT molecular complexity index is 873. The summed E-state index contributed by atoms with van der Waals surface area (Å²) in [5.74, 6) is 0.165. The van der Waals surface area contributed by atoms with Gasteiger partial charge in [-0.2, -0.15) is 0 Å². The highest BCUT2D eigenvalue weighted by atomic mass is 16.2. The second kappa shape index (κ2) is 11.1. The summed E-state index contributed by atoms with van der Waals surface area (Å²) >= 11 is 0. The highest BCUT2D eigenvalue weighted by Crippen LogP contribution is 2.17. The monoisotopic (exact) mass is 421 g/mol. The zero-order valence-electron chi connectivity index (χ0n) is 19.0. The van der Waals surface area contributed by atoms with E-state index >= 15 is 0 Å². The van der Waals surface area contributed by atoms with E-state index in [9.17, 15) is 9.59 Å². The molecule has 1 heterocycles. The fourth-order valence-corrected chi connectivity index (χ4v) is 4.05. The minimum absolute atomic E-state index is 0.00626. The molecule has 2 aromatic carbocycles. The van der Waals surface area contributed by atoms with Crippen molar-refractivity contribution >= 4 is 11.8 Å². The number of nitrogens with zero attached hydrogens (tertiary/aromatic N) is 1. The third kappa shape index (κ3) is 7.21. The fraction of sp³-hybridized carbons (Fsp3) is 0.462. The molecule has 5 nitrogen and oxygen atoms in total. The van der Waals surface area contributed by atoms with Gasteiger partial charge in [0.05, 0.1) is 12.6 Å². The topological polar surface area (TPSA) is 61.4 Å². The van der Waals surface area contributed by atoms with Crippen LogP contribution in [0, 0.1) is 13.8 Å². The Hall–Kier alpha value is -2.66. The molecular formula is C26H35N3O2. The number of likely N-dealkylation sites (tertiary alicyclic amines) is 1. The van der Waals surface area contributed by atoms with E-state index in [0.717, 1.165) is 37.9 Å². The molecule has 0 spiro atoms. The third-order valence-corrected chi connectivity index (χ3v) is 6.21. The molecule has 3 rings (SSSR count). The number of hydrogen-bond donors (Lipinski definition) is 2. The second-order valence-electron chi connectivity index (χ2n) is 8.74. The van der Waals surface area contributed by atoms with Gasteiger partial charge in [-0.25, -0.2) is 0 Å². The van der Waals surface area contributed by atoms with E-state index in [4.69, 9.17) is 0 Å².